The van der Waals surface area contributed by atoms with Crippen LogP contribution in [0.3, 0.4) is 0 Å². The molecule has 0 spiro atoms. The summed E-state index contributed by atoms with van der Waals surface area (Å²) in [6.07, 6.45) is 8.39. The molecule has 3 aliphatic rings. The van der Waals surface area contributed by atoms with Crippen molar-refractivity contribution in [1.82, 2.24) is 15.3 Å². The Morgan fingerprint density at radius 1 is 1.00 bits per heavy atom. The van der Waals surface area contributed by atoms with E-state index >= 15 is 0 Å². The lowest BCUT2D eigenvalue weighted by atomic mass is 9.84. The predicted molar refractivity (Wildman–Crippen MR) is 123 cm³/mol. The van der Waals surface area contributed by atoms with E-state index in [1.807, 2.05) is 30.6 Å². The number of pyridine rings is 1. The maximum absolute atomic E-state index is 13.4. The number of aromatic nitrogens is 2. The van der Waals surface area contributed by atoms with Gasteiger partial charge in [0.15, 0.2) is 0 Å². The minimum Gasteiger partial charge on any atom is -0.360 e. The summed E-state index contributed by atoms with van der Waals surface area (Å²) in [5.41, 5.74) is 4.74. The number of H-pyrrole nitrogens is 1. The zero-order valence-electron chi connectivity index (χ0n) is 17.7. The topological polar surface area (TPSA) is 95.2 Å². The molecule has 3 amide bonds. The first-order chi connectivity index (χ1) is 16.1. The van der Waals surface area contributed by atoms with E-state index in [0.717, 1.165) is 34.8 Å². The molecule has 7 heteroatoms. The molecule has 1 unspecified atom stereocenters. The standard InChI is InChI=1S/C26H20N4O3/c31-22-7-6-21(24(32)29-22)30-20-5-4-17(15-2-1-3-16(23(15)20)25(30)33)26(9-10-26)18-12-28-19-13-27-11-8-14(18)19/h1-5,8,11-13,21,28H,6-7,9-10H2,(H,29,31,32). The van der Waals surface area contributed by atoms with Crippen molar-refractivity contribution in [1.29, 1.82) is 0 Å². The molecule has 2 aromatic carbocycles. The van der Waals surface area contributed by atoms with Crippen LogP contribution in [0.15, 0.2) is 55.0 Å². The normalized spacial score (nSPS) is 21.2. The first-order valence-electron chi connectivity index (χ1n) is 11.2. The molecule has 7 nitrogen and oxygen atoms in total. The van der Waals surface area contributed by atoms with Crippen LogP contribution in [0.25, 0.3) is 21.7 Å². The highest BCUT2D eigenvalue weighted by atomic mass is 16.2. The summed E-state index contributed by atoms with van der Waals surface area (Å²) in [5.74, 6) is -0.869. The van der Waals surface area contributed by atoms with Crippen LogP contribution in [0.2, 0.25) is 0 Å². The average molecular weight is 436 g/mol. The number of anilines is 1. The number of nitrogens with one attached hydrogen (secondary N) is 2. The summed E-state index contributed by atoms with van der Waals surface area (Å²) < 4.78 is 0. The van der Waals surface area contributed by atoms with Gasteiger partial charge in [0.05, 0.1) is 17.4 Å². The first kappa shape index (κ1) is 18.6. The van der Waals surface area contributed by atoms with Crippen molar-refractivity contribution in [2.75, 3.05) is 4.90 Å². The van der Waals surface area contributed by atoms with Gasteiger partial charge in [0.1, 0.15) is 6.04 Å². The molecule has 2 fully saturated rings. The SMILES string of the molecule is O=C1CCC(N2C(=O)c3cccc4c(C5(c6c[nH]c7cnccc67)CC5)ccc2c34)C(=O)N1. The highest BCUT2D eigenvalue weighted by molar-refractivity contribution is 6.27. The minimum atomic E-state index is -0.673. The molecule has 1 atom stereocenters. The fraction of sp³-hybridized carbons (Fsp3) is 0.231. The Morgan fingerprint density at radius 2 is 1.88 bits per heavy atom. The van der Waals surface area contributed by atoms with Crippen molar-refractivity contribution in [3.8, 4) is 0 Å². The Hall–Kier alpha value is -4.00. The number of hydrogen-bond acceptors (Lipinski definition) is 4. The van der Waals surface area contributed by atoms with Crippen LogP contribution in [0.4, 0.5) is 5.69 Å². The van der Waals surface area contributed by atoms with Gasteiger partial charge in [-0.3, -0.25) is 29.6 Å². The van der Waals surface area contributed by atoms with Gasteiger partial charge < -0.3 is 4.98 Å². The number of rotatable bonds is 3. The number of benzene rings is 2. The molecule has 162 valence electrons. The fourth-order valence-electron chi connectivity index (χ4n) is 5.84. The van der Waals surface area contributed by atoms with Gasteiger partial charge in [-0.1, -0.05) is 18.2 Å². The molecule has 33 heavy (non-hydrogen) atoms. The van der Waals surface area contributed by atoms with E-state index in [2.05, 4.69) is 39.7 Å². The minimum absolute atomic E-state index is 0.109. The number of amides is 3. The largest absolute Gasteiger partial charge is 0.360 e. The zero-order chi connectivity index (χ0) is 22.3. The van der Waals surface area contributed by atoms with Crippen molar-refractivity contribution in [3.05, 3.63) is 71.7 Å². The lowest BCUT2D eigenvalue weighted by Gasteiger charge is -2.30. The van der Waals surface area contributed by atoms with Crippen molar-refractivity contribution >= 4 is 45.1 Å². The van der Waals surface area contributed by atoms with E-state index in [1.54, 1.807) is 4.90 Å². The van der Waals surface area contributed by atoms with Crippen LogP contribution in [0.5, 0.6) is 0 Å². The van der Waals surface area contributed by atoms with E-state index in [-0.39, 0.29) is 23.7 Å². The number of fused-ring (bicyclic) bond motifs is 1. The van der Waals surface area contributed by atoms with Gasteiger partial charge in [0, 0.05) is 40.6 Å². The summed E-state index contributed by atoms with van der Waals surface area (Å²) >= 11 is 0. The Labute approximate surface area is 188 Å². The third kappa shape index (κ3) is 2.39. The second-order valence-corrected chi connectivity index (χ2v) is 9.21. The van der Waals surface area contributed by atoms with Gasteiger partial charge in [-0.15, -0.1) is 0 Å². The molecule has 2 aliphatic heterocycles. The third-order valence-electron chi connectivity index (χ3n) is 7.51. The Kier molecular flexibility index (Phi) is 3.53. The average Bonchev–Trinajstić information content (AvgIpc) is 3.42. The first-order valence-corrected chi connectivity index (χ1v) is 11.2. The quantitative estimate of drug-likeness (QED) is 0.480. The lowest BCUT2D eigenvalue weighted by Crippen LogP contribution is -2.53. The Balaban J connectivity index is 1.41. The molecule has 1 saturated carbocycles. The van der Waals surface area contributed by atoms with Gasteiger partial charge in [0.25, 0.3) is 5.91 Å². The molecule has 2 N–H and O–H groups in total. The van der Waals surface area contributed by atoms with E-state index in [9.17, 15) is 14.4 Å². The smallest absolute Gasteiger partial charge is 0.259 e. The maximum Gasteiger partial charge on any atom is 0.259 e. The van der Waals surface area contributed by atoms with Crippen LogP contribution in [0.1, 0.15) is 47.2 Å². The van der Waals surface area contributed by atoms with Crippen LogP contribution < -0.4 is 10.2 Å². The van der Waals surface area contributed by atoms with Crippen LogP contribution in [0, 0.1) is 0 Å². The van der Waals surface area contributed by atoms with Crippen molar-refractivity contribution < 1.29 is 14.4 Å². The number of imide groups is 1. The molecule has 7 rings (SSSR count). The van der Waals surface area contributed by atoms with Crippen LogP contribution in [-0.2, 0) is 15.0 Å². The number of aromatic amines is 1. The Morgan fingerprint density at radius 3 is 2.70 bits per heavy atom. The molecule has 4 heterocycles. The molecule has 0 radical (unpaired) electrons. The second kappa shape index (κ2) is 6.28. The second-order valence-electron chi connectivity index (χ2n) is 9.21. The molecular formula is C26H20N4O3. The third-order valence-corrected chi connectivity index (χ3v) is 7.51. The highest BCUT2D eigenvalue weighted by Gasteiger charge is 2.49. The summed E-state index contributed by atoms with van der Waals surface area (Å²) in [7, 11) is 0. The summed E-state index contributed by atoms with van der Waals surface area (Å²) in [5, 5.41) is 5.51. The maximum atomic E-state index is 13.4. The van der Waals surface area contributed by atoms with Gasteiger partial charge in [-0.2, -0.15) is 0 Å². The van der Waals surface area contributed by atoms with Crippen molar-refractivity contribution in [2.45, 2.75) is 37.1 Å². The van der Waals surface area contributed by atoms with Gasteiger partial charge in [0.2, 0.25) is 11.8 Å². The van der Waals surface area contributed by atoms with Gasteiger partial charge in [-0.05, 0) is 54.0 Å². The molecule has 1 aliphatic carbocycles. The fourth-order valence-corrected chi connectivity index (χ4v) is 5.84. The van der Waals surface area contributed by atoms with Gasteiger partial charge >= 0.3 is 0 Å². The van der Waals surface area contributed by atoms with E-state index in [0.29, 0.717) is 12.0 Å². The Bertz CT molecular complexity index is 1530. The predicted octanol–water partition coefficient (Wildman–Crippen LogP) is 3.56. The number of carbonyl (C=O) groups excluding carboxylic acids is 3. The monoisotopic (exact) mass is 436 g/mol. The van der Waals surface area contributed by atoms with Crippen LogP contribution in [-0.4, -0.2) is 33.7 Å². The lowest BCUT2D eigenvalue weighted by molar-refractivity contribution is -0.134. The molecule has 4 aromatic rings. The molecule has 1 saturated heterocycles. The van der Waals surface area contributed by atoms with Gasteiger partial charge in [-0.25, -0.2) is 0 Å². The number of nitrogens with zero attached hydrogens (tertiary/aromatic N) is 2. The van der Waals surface area contributed by atoms with E-state index < -0.39 is 11.9 Å². The molecule has 2 aromatic heterocycles. The van der Waals surface area contributed by atoms with E-state index in [1.165, 1.54) is 16.5 Å². The van der Waals surface area contributed by atoms with E-state index in [4.69, 9.17) is 0 Å². The summed E-state index contributed by atoms with van der Waals surface area (Å²) in [6, 6.07) is 11.3. The number of carbonyl (C=O) groups is 3. The van der Waals surface area contributed by atoms with Crippen molar-refractivity contribution in [2.24, 2.45) is 0 Å². The number of piperidine rings is 1. The molecular weight excluding hydrogens is 416 g/mol. The zero-order valence-corrected chi connectivity index (χ0v) is 17.7. The van der Waals surface area contributed by atoms with Crippen LogP contribution >= 0.6 is 0 Å². The van der Waals surface area contributed by atoms with Crippen molar-refractivity contribution in [3.63, 3.8) is 0 Å². The summed E-state index contributed by atoms with van der Waals surface area (Å²) in [6.45, 7) is 0. The summed E-state index contributed by atoms with van der Waals surface area (Å²) in [4.78, 5) is 46.8. The number of hydrogen-bond donors (Lipinski definition) is 2. The molecule has 0 bridgehead atoms. The highest BCUT2D eigenvalue weighted by Crippen LogP contribution is 2.58.